The molecule has 0 spiro atoms. The van der Waals surface area contributed by atoms with Crippen molar-refractivity contribution in [1.29, 1.82) is 0 Å². The van der Waals surface area contributed by atoms with E-state index in [2.05, 4.69) is 5.32 Å². The Hall–Kier alpha value is -1.78. The quantitative estimate of drug-likeness (QED) is 0.739. The lowest BCUT2D eigenvalue weighted by Crippen LogP contribution is -2.67. The molecule has 0 unspecified atom stereocenters. The Kier molecular flexibility index (Phi) is 6.91. The lowest BCUT2D eigenvalue weighted by Gasteiger charge is -2.44. The molecule has 2 N–H and O–H groups in total. The zero-order valence-electron chi connectivity index (χ0n) is 16.9. The van der Waals surface area contributed by atoms with Crippen LogP contribution >= 0.6 is 0 Å². The molecule has 0 saturated carbocycles. The van der Waals surface area contributed by atoms with E-state index >= 15 is 0 Å². The first-order valence-electron chi connectivity index (χ1n) is 9.41. The van der Waals surface area contributed by atoms with Crippen LogP contribution in [-0.2, 0) is 14.6 Å². The average Bonchev–Trinajstić information content (AvgIpc) is 2.65. The minimum atomic E-state index is -5.14. The zero-order chi connectivity index (χ0) is 22.0. The fraction of sp³-hybridized carbons (Fsp3) is 0.632. The normalized spacial score (nSPS) is 22.2. The third-order valence-corrected chi connectivity index (χ3v) is 6.54. The van der Waals surface area contributed by atoms with Crippen molar-refractivity contribution in [2.24, 2.45) is 0 Å². The molecular weight excluding hydrogens is 406 g/mol. The molecule has 3 atom stereocenters. The molecule has 1 aromatic rings. The second kappa shape index (κ2) is 8.53. The van der Waals surface area contributed by atoms with E-state index in [1.807, 2.05) is 0 Å². The third-order valence-electron chi connectivity index (χ3n) is 4.69. The Labute approximate surface area is 170 Å². The summed E-state index contributed by atoms with van der Waals surface area (Å²) in [4.78, 5) is 13.2. The smallest absolute Gasteiger partial charge is 0.410 e. The topological polar surface area (TPSA) is 95.9 Å². The number of ether oxygens (including phenoxy) is 1. The number of aliphatic hydroxyl groups is 1. The molecule has 1 fully saturated rings. The molecular formula is C19H28F2N2O5S. The number of hydrogen-bond acceptors (Lipinski definition) is 6. The molecule has 0 radical (unpaired) electrons. The maximum atomic E-state index is 15.0. The number of rotatable bonds is 5. The number of halogens is 2. The highest BCUT2D eigenvalue weighted by molar-refractivity contribution is 7.92. The Morgan fingerprint density at radius 1 is 1.31 bits per heavy atom. The van der Waals surface area contributed by atoms with E-state index in [9.17, 15) is 27.1 Å². The largest absolute Gasteiger partial charge is 0.444 e. The summed E-state index contributed by atoms with van der Waals surface area (Å²) in [5, 5.41) is 8.75. The van der Waals surface area contributed by atoms with Gasteiger partial charge in [0.1, 0.15) is 5.60 Å². The highest BCUT2D eigenvalue weighted by atomic mass is 32.2. The number of carbonyl (C=O) groups is 1. The Morgan fingerprint density at radius 3 is 2.41 bits per heavy atom. The van der Waals surface area contributed by atoms with E-state index in [1.54, 1.807) is 27.7 Å². The monoisotopic (exact) mass is 434 g/mol. The predicted octanol–water partition coefficient (Wildman–Crippen LogP) is 2.40. The summed E-state index contributed by atoms with van der Waals surface area (Å²) in [5.41, 5.74) is -0.783. The van der Waals surface area contributed by atoms with Gasteiger partial charge in [0, 0.05) is 13.1 Å². The number of aliphatic hydroxyl groups excluding tert-OH is 1. The first-order valence-corrected chi connectivity index (χ1v) is 10.9. The van der Waals surface area contributed by atoms with Gasteiger partial charge in [0.15, 0.2) is 6.10 Å². The number of nitrogens with zero attached hydrogens (tertiary/aromatic N) is 1. The van der Waals surface area contributed by atoms with Crippen molar-refractivity contribution in [2.45, 2.75) is 68.1 Å². The second-order valence-corrected chi connectivity index (χ2v) is 9.97. The van der Waals surface area contributed by atoms with Crippen LogP contribution in [-0.4, -0.2) is 66.7 Å². The van der Waals surface area contributed by atoms with Crippen LogP contribution in [0, 0.1) is 0 Å². The molecule has 29 heavy (non-hydrogen) atoms. The highest BCUT2D eigenvalue weighted by Crippen LogP contribution is 2.35. The summed E-state index contributed by atoms with van der Waals surface area (Å²) in [5.74, 6) is 0. The van der Waals surface area contributed by atoms with Gasteiger partial charge in [0.25, 0.3) is 0 Å². The highest BCUT2D eigenvalue weighted by Gasteiger charge is 2.57. The molecule has 1 aliphatic heterocycles. The number of amides is 1. The van der Waals surface area contributed by atoms with Crippen molar-refractivity contribution < 1.29 is 31.8 Å². The van der Waals surface area contributed by atoms with Crippen LogP contribution < -0.4 is 5.32 Å². The number of nitrogens with one attached hydrogen (secondary N) is 1. The molecule has 0 aliphatic carbocycles. The van der Waals surface area contributed by atoms with Gasteiger partial charge in [-0.05, 0) is 39.3 Å². The molecule has 10 heteroatoms. The van der Waals surface area contributed by atoms with Crippen molar-refractivity contribution in [1.82, 2.24) is 10.2 Å². The fourth-order valence-corrected chi connectivity index (χ4v) is 4.61. The van der Waals surface area contributed by atoms with Crippen LogP contribution in [0.15, 0.2) is 35.2 Å². The standard InChI is InChI=1S/C19H28F2N2O5S/c1-5-14-15(22-11-12-23(14)17(25)28-18(2,3)4)16(24)19(20,21)29(26,27)13-9-7-6-8-10-13/h6-10,14-16,22,24H,5,11-12H2,1-4H3/t14-,15-,16-/m0/s1. The van der Waals surface area contributed by atoms with Crippen LogP contribution in [0.1, 0.15) is 34.1 Å². The van der Waals surface area contributed by atoms with Gasteiger partial charge in [-0.15, -0.1) is 0 Å². The molecule has 1 saturated heterocycles. The van der Waals surface area contributed by atoms with Gasteiger partial charge in [-0.2, -0.15) is 8.78 Å². The molecule has 1 amide bonds. The van der Waals surface area contributed by atoms with Gasteiger partial charge >= 0.3 is 11.3 Å². The lowest BCUT2D eigenvalue weighted by molar-refractivity contribution is -0.0836. The number of sulfone groups is 1. The number of piperazine rings is 1. The molecule has 2 rings (SSSR count). The minimum absolute atomic E-state index is 0.110. The second-order valence-electron chi connectivity index (χ2n) is 7.95. The summed E-state index contributed by atoms with van der Waals surface area (Å²) in [6.45, 7) is 7.01. The van der Waals surface area contributed by atoms with E-state index in [1.165, 1.54) is 23.1 Å². The molecule has 1 aliphatic rings. The van der Waals surface area contributed by atoms with Gasteiger partial charge in [-0.3, -0.25) is 0 Å². The maximum absolute atomic E-state index is 15.0. The van der Waals surface area contributed by atoms with Crippen molar-refractivity contribution in [3.8, 4) is 0 Å². The predicted molar refractivity (Wildman–Crippen MR) is 103 cm³/mol. The lowest BCUT2D eigenvalue weighted by atomic mass is 9.96. The van der Waals surface area contributed by atoms with Gasteiger partial charge < -0.3 is 20.1 Å². The maximum Gasteiger partial charge on any atom is 0.410 e. The van der Waals surface area contributed by atoms with Crippen molar-refractivity contribution in [2.75, 3.05) is 13.1 Å². The van der Waals surface area contributed by atoms with Crippen molar-refractivity contribution >= 4 is 15.9 Å². The number of hydrogen-bond donors (Lipinski definition) is 2. The van der Waals surface area contributed by atoms with E-state index in [0.29, 0.717) is 0 Å². The van der Waals surface area contributed by atoms with Gasteiger partial charge in [-0.1, -0.05) is 25.1 Å². The molecule has 7 nitrogen and oxygen atoms in total. The van der Waals surface area contributed by atoms with Gasteiger partial charge in [-0.25, -0.2) is 13.2 Å². The number of benzene rings is 1. The van der Waals surface area contributed by atoms with Crippen LogP contribution in [0.25, 0.3) is 0 Å². The van der Waals surface area contributed by atoms with E-state index in [4.69, 9.17) is 4.74 Å². The first-order chi connectivity index (χ1) is 13.3. The molecule has 1 aromatic carbocycles. The molecule has 0 aromatic heterocycles. The summed E-state index contributed by atoms with van der Waals surface area (Å²) in [6.07, 6.45) is -3.05. The minimum Gasteiger partial charge on any atom is -0.444 e. The Balaban J connectivity index is 2.32. The van der Waals surface area contributed by atoms with Crippen LogP contribution in [0.5, 0.6) is 0 Å². The summed E-state index contributed by atoms with van der Waals surface area (Å²) in [6, 6.07) is 4.03. The average molecular weight is 435 g/mol. The molecule has 164 valence electrons. The van der Waals surface area contributed by atoms with E-state index < -0.39 is 49.9 Å². The SMILES string of the molecule is CC[C@H]1[C@@H]([C@H](O)C(F)(F)S(=O)(=O)c2ccccc2)NCCN1C(=O)OC(C)(C)C. The van der Waals surface area contributed by atoms with E-state index in [0.717, 1.165) is 12.1 Å². The summed E-state index contributed by atoms with van der Waals surface area (Å²) < 4.78 is 60.2. The summed E-state index contributed by atoms with van der Waals surface area (Å²) >= 11 is 0. The van der Waals surface area contributed by atoms with E-state index in [-0.39, 0.29) is 19.5 Å². The first kappa shape index (κ1) is 23.5. The van der Waals surface area contributed by atoms with Crippen LogP contribution in [0.3, 0.4) is 0 Å². The zero-order valence-corrected chi connectivity index (χ0v) is 17.7. The number of alkyl halides is 2. The van der Waals surface area contributed by atoms with Gasteiger partial charge in [0.2, 0.25) is 9.84 Å². The molecule has 1 heterocycles. The summed E-state index contributed by atoms with van der Waals surface area (Å²) in [7, 11) is -5.14. The fourth-order valence-electron chi connectivity index (χ4n) is 3.32. The van der Waals surface area contributed by atoms with Crippen molar-refractivity contribution in [3.05, 3.63) is 30.3 Å². The van der Waals surface area contributed by atoms with Crippen LogP contribution in [0.4, 0.5) is 13.6 Å². The van der Waals surface area contributed by atoms with Gasteiger partial charge in [0.05, 0.1) is 17.0 Å². The van der Waals surface area contributed by atoms with Crippen LogP contribution in [0.2, 0.25) is 0 Å². The third kappa shape index (κ3) is 4.87. The Morgan fingerprint density at radius 2 is 1.90 bits per heavy atom. The number of carbonyl (C=O) groups excluding carboxylic acids is 1. The van der Waals surface area contributed by atoms with Crippen molar-refractivity contribution in [3.63, 3.8) is 0 Å². The molecule has 0 bridgehead atoms. The Bertz CT molecular complexity index is 812.